The minimum Gasteiger partial charge on any atom is -0.319 e. The summed E-state index contributed by atoms with van der Waals surface area (Å²) in [4.78, 5) is 4.82. The van der Waals surface area contributed by atoms with Crippen molar-refractivity contribution in [1.29, 1.82) is 0 Å². The van der Waals surface area contributed by atoms with Gasteiger partial charge in [-0.05, 0) is 67.8 Å². The van der Waals surface area contributed by atoms with Gasteiger partial charge in [-0.15, -0.1) is 0 Å². The molecule has 1 aromatic carbocycles. The maximum atomic E-state index is 13.2. The van der Waals surface area contributed by atoms with Gasteiger partial charge in [-0.3, -0.25) is 4.98 Å². The molecule has 0 aliphatic heterocycles. The summed E-state index contributed by atoms with van der Waals surface area (Å²) in [5.41, 5.74) is 5.60. The number of pyridine rings is 1. The molecule has 0 radical (unpaired) electrons. The number of likely N-dealkylation sites (N-methyl/N-ethyl adjacent to an activating group) is 1. The van der Waals surface area contributed by atoms with Gasteiger partial charge >= 0.3 is 0 Å². The van der Waals surface area contributed by atoms with E-state index in [4.69, 9.17) is 4.98 Å². The summed E-state index contributed by atoms with van der Waals surface area (Å²) in [6.07, 6.45) is 1.99. The quantitative estimate of drug-likeness (QED) is 0.851. The summed E-state index contributed by atoms with van der Waals surface area (Å²) in [5.74, 6) is 0.283. The van der Waals surface area contributed by atoms with Crippen LogP contribution < -0.4 is 5.32 Å². The van der Waals surface area contributed by atoms with Gasteiger partial charge in [0.25, 0.3) is 0 Å². The molecule has 0 fully saturated rings. The van der Waals surface area contributed by atoms with Crippen LogP contribution in [-0.2, 0) is 6.42 Å². The first-order chi connectivity index (χ1) is 10.6. The monoisotopic (exact) mass is 300 g/mol. The maximum absolute atomic E-state index is 13.2. The van der Waals surface area contributed by atoms with Crippen LogP contribution in [0.15, 0.2) is 30.3 Å². The van der Waals surface area contributed by atoms with Crippen molar-refractivity contribution in [1.82, 2.24) is 10.3 Å². The summed E-state index contributed by atoms with van der Waals surface area (Å²) in [7, 11) is 1.95. The van der Waals surface area contributed by atoms with Gasteiger partial charge in [0.1, 0.15) is 5.82 Å². The maximum Gasteiger partial charge on any atom is 0.123 e. The first-order valence-corrected chi connectivity index (χ1v) is 7.97. The number of nitrogens with zero attached hydrogens (tertiary/aromatic N) is 1. The van der Waals surface area contributed by atoms with Crippen molar-refractivity contribution in [3.05, 3.63) is 53.0 Å². The molecule has 0 aliphatic rings. The fourth-order valence-electron chi connectivity index (χ4n) is 2.69. The summed E-state index contributed by atoms with van der Waals surface area (Å²) in [6.45, 7) is 7.47. The van der Waals surface area contributed by atoms with Crippen molar-refractivity contribution in [2.75, 3.05) is 13.6 Å². The molecule has 2 rings (SSSR count). The van der Waals surface area contributed by atoms with Gasteiger partial charge in [-0.1, -0.05) is 13.8 Å². The zero-order valence-electron chi connectivity index (χ0n) is 13.9. The molecular weight excluding hydrogens is 275 g/mol. The van der Waals surface area contributed by atoms with E-state index in [0.717, 1.165) is 36.3 Å². The normalized spacial score (nSPS) is 12.4. The minimum absolute atomic E-state index is 0.213. The third-order valence-corrected chi connectivity index (χ3v) is 4.26. The van der Waals surface area contributed by atoms with Crippen molar-refractivity contribution >= 4 is 0 Å². The van der Waals surface area contributed by atoms with E-state index in [2.05, 4.69) is 32.2 Å². The van der Waals surface area contributed by atoms with Crippen LogP contribution in [0.5, 0.6) is 0 Å². The molecule has 0 aliphatic carbocycles. The van der Waals surface area contributed by atoms with Crippen LogP contribution in [0, 0.1) is 12.7 Å². The second kappa shape index (κ2) is 7.50. The molecule has 1 N–H and O–H groups in total. The summed E-state index contributed by atoms with van der Waals surface area (Å²) >= 11 is 0. The number of halogens is 1. The van der Waals surface area contributed by atoms with Crippen molar-refractivity contribution in [2.24, 2.45) is 0 Å². The molecule has 0 saturated carbocycles. The van der Waals surface area contributed by atoms with Gasteiger partial charge in [0.2, 0.25) is 0 Å². The zero-order chi connectivity index (χ0) is 16.1. The van der Waals surface area contributed by atoms with Crippen LogP contribution in [0.3, 0.4) is 0 Å². The Hall–Kier alpha value is -1.74. The smallest absolute Gasteiger partial charge is 0.123 e. The van der Waals surface area contributed by atoms with E-state index in [1.165, 1.54) is 23.3 Å². The highest BCUT2D eigenvalue weighted by atomic mass is 19.1. The lowest BCUT2D eigenvalue weighted by Gasteiger charge is -2.18. The molecule has 22 heavy (non-hydrogen) atoms. The second-order valence-corrected chi connectivity index (χ2v) is 5.85. The highest BCUT2D eigenvalue weighted by Gasteiger charge is 2.14. The van der Waals surface area contributed by atoms with Crippen molar-refractivity contribution in [3.8, 4) is 11.3 Å². The van der Waals surface area contributed by atoms with Crippen molar-refractivity contribution in [2.45, 2.75) is 39.5 Å². The Bertz CT molecular complexity index is 620. The van der Waals surface area contributed by atoms with Crippen LogP contribution in [0.25, 0.3) is 11.3 Å². The van der Waals surface area contributed by atoms with E-state index < -0.39 is 0 Å². The molecule has 3 heteroatoms. The van der Waals surface area contributed by atoms with Crippen LogP contribution in [0.2, 0.25) is 0 Å². The molecule has 2 aromatic rings. The highest BCUT2D eigenvalue weighted by molar-refractivity contribution is 5.65. The third-order valence-electron chi connectivity index (χ3n) is 4.26. The van der Waals surface area contributed by atoms with Gasteiger partial charge in [-0.2, -0.15) is 0 Å². The van der Waals surface area contributed by atoms with Crippen LogP contribution in [-0.4, -0.2) is 18.6 Å². The average Bonchev–Trinajstić information content (AvgIpc) is 2.54. The van der Waals surface area contributed by atoms with E-state index in [1.807, 2.05) is 19.2 Å². The van der Waals surface area contributed by atoms with Gasteiger partial charge < -0.3 is 5.32 Å². The number of benzene rings is 1. The standard InChI is InChI=1S/C19H25FN2/c1-5-13(2)18-12-17(10-11-21-4)22-19(14(18)3)15-6-8-16(20)9-7-15/h6-9,12-13,21H,5,10-11H2,1-4H3. The average molecular weight is 300 g/mol. The summed E-state index contributed by atoms with van der Waals surface area (Å²) in [5, 5.41) is 3.17. The number of rotatable bonds is 6. The SMILES string of the molecule is CCC(C)c1cc(CCNC)nc(-c2ccc(F)cc2)c1C. The van der Waals surface area contributed by atoms with Gasteiger partial charge in [0.05, 0.1) is 5.69 Å². The van der Waals surface area contributed by atoms with E-state index in [-0.39, 0.29) is 5.82 Å². The Kier molecular flexibility index (Phi) is 5.67. The molecule has 0 bridgehead atoms. The molecule has 2 nitrogen and oxygen atoms in total. The highest BCUT2D eigenvalue weighted by Crippen LogP contribution is 2.30. The number of hydrogen-bond acceptors (Lipinski definition) is 2. The molecular formula is C19H25FN2. The molecule has 0 saturated heterocycles. The Morgan fingerprint density at radius 1 is 1.23 bits per heavy atom. The Balaban J connectivity index is 2.52. The molecule has 1 heterocycles. The first kappa shape index (κ1) is 16.6. The van der Waals surface area contributed by atoms with Crippen molar-refractivity contribution < 1.29 is 4.39 Å². The molecule has 0 amide bonds. The van der Waals surface area contributed by atoms with Crippen LogP contribution >= 0.6 is 0 Å². The molecule has 1 aromatic heterocycles. The second-order valence-electron chi connectivity index (χ2n) is 5.85. The van der Waals surface area contributed by atoms with E-state index in [9.17, 15) is 4.39 Å². The lowest BCUT2D eigenvalue weighted by atomic mass is 9.91. The summed E-state index contributed by atoms with van der Waals surface area (Å²) < 4.78 is 13.2. The Morgan fingerprint density at radius 2 is 1.91 bits per heavy atom. The number of nitrogens with one attached hydrogen (secondary N) is 1. The fourth-order valence-corrected chi connectivity index (χ4v) is 2.69. The van der Waals surface area contributed by atoms with Gasteiger partial charge in [0, 0.05) is 24.2 Å². The predicted molar refractivity (Wildman–Crippen MR) is 90.7 cm³/mol. The molecule has 0 spiro atoms. The Labute approximate surface area is 132 Å². The number of hydrogen-bond donors (Lipinski definition) is 1. The van der Waals surface area contributed by atoms with Gasteiger partial charge in [0.15, 0.2) is 0 Å². The minimum atomic E-state index is -0.213. The first-order valence-electron chi connectivity index (χ1n) is 7.97. The van der Waals surface area contributed by atoms with Crippen molar-refractivity contribution in [3.63, 3.8) is 0 Å². The van der Waals surface area contributed by atoms with Crippen LogP contribution in [0.1, 0.15) is 43.0 Å². The third kappa shape index (κ3) is 3.72. The Morgan fingerprint density at radius 3 is 2.50 bits per heavy atom. The number of aromatic nitrogens is 1. The zero-order valence-corrected chi connectivity index (χ0v) is 13.9. The largest absolute Gasteiger partial charge is 0.319 e. The van der Waals surface area contributed by atoms with E-state index >= 15 is 0 Å². The topological polar surface area (TPSA) is 24.9 Å². The molecule has 1 unspecified atom stereocenters. The predicted octanol–water partition coefficient (Wildman–Crippen LogP) is 4.47. The summed E-state index contributed by atoms with van der Waals surface area (Å²) in [6, 6.07) is 8.85. The van der Waals surface area contributed by atoms with Crippen LogP contribution in [0.4, 0.5) is 4.39 Å². The lowest BCUT2D eigenvalue weighted by Crippen LogP contribution is -2.12. The molecule has 1 atom stereocenters. The fraction of sp³-hybridized carbons (Fsp3) is 0.421. The van der Waals surface area contributed by atoms with E-state index in [0.29, 0.717) is 5.92 Å². The molecule has 118 valence electrons. The lowest BCUT2D eigenvalue weighted by molar-refractivity contribution is 0.628. The van der Waals surface area contributed by atoms with Gasteiger partial charge in [-0.25, -0.2) is 4.39 Å². The van der Waals surface area contributed by atoms with E-state index in [1.54, 1.807) is 0 Å².